The van der Waals surface area contributed by atoms with Crippen molar-refractivity contribution in [3.05, 3.63) is 10.6 Å². The Morgan fingerprint density at radius 2 is 2.18 bits per heavy atom. The summed E-state index contributed by atoms with van der Waals surface area (Å²) in [6.07, 6.45) is 4.41. The number of aryl methyl sites for hydroxylation is 1. The molecule has 0 saturated heterocycles. The summed E-state index contributed by atoms with van der Waals surface area (Å²) in [5.41, 5.74) is 0.649. The van der Waals surface area contributed by atoms with E-state index in [2.05, 4.69) is 14.9 Å². The van der Waals surface area contributed by atoms with E-state index >= 15 is 0 Å². The molecule has 94 valence electrons. The van der Waals surface area contributed by atoms with Gasteiger partial charge in [-0.1, -0.05) is 23.8 Å². The SMILES string of the molecule is Cc1nnsc1C(=O)NC1CCCCCC1O. The van der Waals surface area contributed by atoms with Gasteiger partial charge in [-0.05, 0) is 31.3 Å². The van der Waals surface area contributed by atoms with Gasteiger partial charge in [0.1, 0.15) is 4.88 Å². The van der Waals surface area contributed by atoms with Crippen LogP contribution < -0.4 is 5.32 Å². The third-order valence-corrected chi connectivity index (χ3v) is 3.98. The molecule has 1 aliphatic carbocycles. The summed E-state index contributed by atoms with van der Waals surface area (Å²) in [7, 11) is 0. The molecule has 1 saturated carbocycles. The summed E-state index contributed by atoms with van der Waals surface area (Å²) in [6, 6.07) is -0.133. The van der Waals surface area contributed by atoms with Crippen LogP contribution in [0.2, 0.25) is 0 Å². The quantitative estimate of drug-likeness (QED) is 0.780. The number of nitrogens with one attached hydrogen (secondary N) is 1. The highest BCUT2D eigenvalue weighted by Crippen LogP contribution is 2.19. The van der Waals surface area contributed by atoms with Gasteiger partial charge in [0.2, 0.25) is 0 Å². The van der Waals surface area contributed by atoms with Crippen molar-refractivity contribution >= 4 is 17.4 Å². The van der Waals surface area contributed by atoms with E-state index in [1.54, 1.807) is 6.92 Å². The number of carbonyl (C=O) groups is 1. The average molecular weight is 255 g/mol. The molecule has 1 aromatic rings. The van der Waals surface area contributed by atoms with Crippen molar-refractivity contribution in [1.29, 1.82) is 0 Å². The molecular formula is C11H17N3O2S. The van der Waals surface area contributed by atoms with Crippen LogP contribution in [0, 0.1) is 6.92 Å². The molecule has 1 fully saturated rings. The fourth-order valence-corrected chi connectivity index (χ4v) is 2.69. The first-order valence-electron chi connectivity index (χ1n) is 5.96. The molecule has 5 nitrogen and oxygen atoms in total. The third kappa shape index (κ3) is 3.01. The van der Waals surface area contributed by atoms with Gasteiger partial charge in [0.15, 0.2) is 0 Å². The van der Waals surface area contributed by atoms with Crippen LogP contribution in [0.3, 0.4) is 0 Å². The summed E-state index contributed by atoms with van der Waals surface area (Å²) in [6.45, 7) is 1.77. The molecule has 2 rings (SSSR count). The number of aliphatic hydroxyl groups excluding tert-OH is 1. The van der Waals surface area contributed by atoms with Gasteiger partial charge in [0.25, 0.3) is 5.91 Å². The third-order valence-electron chi connectivity index (χ3n) is 3.15. The van der Waals surface area contributed by atoms with Gasteiger partial charge in [0, 0.05) is 0 Å². The molecule has 1 aromatic heterocycles. The number of aromatic nitrogens is 2. The van der Waals surface area contributed by atoms with Crippen molar-refractivity contribution in [3.63, 3.8) is 0 Å². The lowest BCUT2D eigenvalue weighted by Crippen LogP contribution is -2.42. The molecule has 0 spiro atoms. The summed E-state index contributed by atoms with van der Waals surface area (Å²) >= 11 is 1.10. The van der Waals surface area contributed by atoms with E-state index in [-0.39, 0.29) is 11.9 Å². The van der Waals surface area contributed by atoms with Gasteiger partial charge in [-0.15, -0.1) is 5.10 Å². The fraction of sp³-hybridized carbons (Fsp3) is 0.727. The van der Waals surface area contributed by atoms with E-state index in [0.29, 0.717) is 10.6 Å². The molecule has 6 heteroatoms. The number of aliphatic hydroxyl groups is 1. The predicted octanol–water partition coefficient (Wildman–Crippen LogP) is 1.27. The van der Waals surface area contributed by atoms with E-state index < -0.39 is 6.10 Å². The zero-order chi connectivity index (χ0) is 12.3. The molecule has 2 N–H and O–H groups in total. The summed E-state index contributed by atoms with van der Waals surface area (Å²) < 4.78 is 3.74. The first-order valence-corrected chi connectivity index (χ1v) is 6.73. The van der Waals surface area contributed by atoms with E-state index in [4.69, 9.17) is 0 Å². The topological polar surface area (TPSA) is 75.1 Å². The van der Waals surface area contributed by atoms with Crippen molar-refractivity contribution in [2.45, 2.75) is 51.2 Å². The second-order valence-electron chi connectivity index (χ2n) is 4.47. The maximum atomic E-state index is 12.0. The number of hydrogen-bond acceptors (Lipinski definition) is 5. The lowest BCUT2D eigenvalue weighted by atomic mass is 10.1. The zero-order valence-corrected chi connectivity index (χ0v) is 10.7. The van der Waals surface area contributed by atoms with Gasteiger partial charge in [-0.3, -0.25) is 4.79 Å². The molecule has 0 aromatic carbocycles. The van der Waals surface area contributed by atoms with Gasteiger partial charge >= 0.3 is 0 Å². The Labute approximate surface area is 104 Å². The van der Waals surface area contributed by atoms with Gasteiger partial charge in [-0.25, -0.2) is 0 Å². The lowest BCUT2D eigenvalue weighted by molar-refractivity contribution is 0.0821. The largest absolute Gasteiger partial charge is 0.391 e. The molecule has 1 aliphatic rings. The number of amides is 1. The molecule has 0 radical (unpaired) electrons. The second-order valence-corrected chi connectivity index (χ2v) is 5.23. The van der Waals surface area contributed by atoms with Crippen molar-refractivity contribution < 1.29 is 9.90 Å². The van der Waals surface area contributed by atoms with Crippen LogP contribution in [0.1, 0.15) is 47.5 Å². The number of carbonyl (C=O) groups excluding carboxylic acids is 1. The Balaban J connectivity index is 2.00. The highest BCUT2D eigenvalue weighted by atomic mass is 32.1. The smallest absolute Gasteiger partial charge is 0.265 e. The normalized spacial score (nSPS) is 25.3. The number of nitrogens with zero attached hydrogens (tertiary/aromatic N) is 2. The first-order chi connectivity index (χ1) is 8.18. The Bertz CT molecular complexity index is 394. The molecule has 0 bridgehead atoms. The molecule has 17 heavy (non-hydrogen) atoms. The van der Waals surface area contributed by atoms with Gasteiger partial charge < -0.3 is 10.4 Å². The van der Waals surface area contributed by atoms with E-state index in [1.807, 2.05) is 0 Å². The Hall–Kier alpha value is -1.01. The lowest BCUT2D eigenvalue weighted by Gasteiger charge is -2.21. The predicted molar refractivity (Wildman–Crippen MR) is 65.0 cm³/mol. The average Bonchev–Trinajstić information content (AvgIpc) is 2.63. The maximum absolute atomic E-state index is 12.0. The molecule has 0 aliphatic heterocycles. The van der Waals surface area contributed by atoms with Crippen LogP contribution in [0.4, 0.5) is 0 Å². The first kappa shape index (κ1) is 12.4. The molecule has 1 heterocycles. The minimum absolute atomic E-state index is 0.133. The monoisotopic (exact) mass is 255 g/mol. The highest BCUT2D eigenvalue weighted by molar-refractivity contribution is 7.08. The van der Waals surface area contributed by atoms with Crippen LogP contribution in [0.15, 0.2) is 0 Å². The summed E-state index contributed by atoms with van der Waals surface area (Å²) in [5.74, 6) is -0.163. The zero-order valence-electron chi connectivity index (χ0n) is 9.85. The Kier molecular flexibility index (Phi) is 4.06. The van der Waals surface area contributed by atoms with Crippen molar-refractivity contribution in [2.24, 2.45) is 0 Å². The summed E-state index contributed by atoms with van der Waals surface area (Å²) in [4.78, 5) is 12.5. The standard InChI is InChI=1S/C11H17N3O2S/c1-7-10(17-14-13-7)11(16)12-8-5-3-2-4-6-9(8)15/h8-9,15H,2-6H2,1H3,(H,12,16). The Morgan fingerprint density at radius 3 is 2.88 bits per heavy atom. The second kappa shape index (κ2) is 5.55. The minimum Gasteiger partial charge on any atom is -0.391 e. The van der Waals surface area contributed by atoms with Crippen molar-refractivity contribution in [1.82, 2.24) is 14.9 Å². The highest BCUT2D eigenvalue weighted by Gasteiger charge is 2.24. The van der Waals surface area contributed by atoms with Crippen molar-refractivity contribution in [3.8, 4) is 0 Å². The van der Waals surface area contributed by atoms with Crippen LogP contribution in [-0.2, 0) is 0 Å². The molecular weight excluding hydrogens is 238 g/mol. The van der Waals surface area contributed by atoms with E-state index in [1.165, 1.54) is 0 Å². The maximum Gasteiger partial charge on any atom is 0.265 e. The fourth-order valence-electron chi connectivity index (χ4n) is 2.13. The van der Waals surface area contributed by atoms with Crippen LogP contribution >= 0.6 is 11.5 Å². The summed E-state index contributed by atoms with van der Waals surface area (Å²) in [5, 5.41) is 16.6. The molecule has 2 atom stereocenters. The van der Waals surface area contributed by atoms with Crippen LogP contribution in [-0.4, -0.2) is 32.7 Å². The molecule has 2 unspecified atom stereocenters. The van der Waals surface area contributed by atoms with Gasteiger partial charge in [0.05, 0.1) is 17.8 Å². The van der Waals surface area contributed by atoms with E-state index in [0.717, 1.165) is 43.6 Å². The van der Waals surface area contributed by atoms with Crippen LogP contribution in [0.5, 0.6) is 0 Å². The number of hydrogen-bond donors (Lipinski definition) is 2. The number of rotatable bonds is 2. The van der Waals surface area contributed by atoms with Gasteiger partial charge in [-0.2, -0.15) is 0 Å². The van der Waals surface area contributed by atoms with Crippen molar-refractivity contribution in [2.75, 3.05) is 0 Å². The minimum atomic E-state index is -0.428. The Morgan fingerprint density at radius 1 is 1.41 bits per heavy atom. The van der Waals surface area contributed by atoms with E-state index in [9.17, 15) is 9.90 Å². The molecule has 1 amide bonds. The van der Waals surface area contributed by atoms with Crippen LogP contribution in [0.25, 0.3) is 0 Å².